The lowest BCUT2D eigenvalue weighted by Gasteiger charge is -2.31. The summed E-state index contributed by atoms with van der Waals surface area (Å²) in [5.41, 5.74) is 2.00. The first-order chi connectivity index (χ1) is 18.4. The van der Waals surface area contributed by atoms with Gasteiger partial charge in [0.05, 0.1) is 5.02 Å². The quantitative estimate of drug-likeness (QED) is 0.242. The van der Waals surface area contributed by atoms with Crippen LogP contribution in [0.5, 0.6) is 5.75 Å². The summed E-state index contributed by atoms with van der Waals surface area (Å²) >= 11 is 12.5. The van der Waals surface area contributed by atoms with Crippen LogP contribution in [-0.2, 0) is 22.7 Å². The Kier molecular flexibility index (Phi) is 9.35. The van der Waals surface area contributed by atoms with E-state index < -0.39 is 23.7 Å². The van der Waals surface area contributed by atoms with Crippen LogP contribution in [-0.4, -0.2) is 23.3 Å². The maximum atomic E-state index is 13.7. The molecule has 5 nitrogen and oxygen atoms in total. The van der Waals surface area contributed by atoms with Crippen molar-refractivity contribution in [1.82, 2.24) is 10.2 Å². The fraction of sp³-hybridized carbons (Fsp3) is 0.133. The molecule has 0 radical (unpaired) electrons. The second-order valence-corrected chi connectivity index (χ2v) is 9.30. The Morgan fingerprint density at radius 2 is 1.45 bits per heavy atom. The Morgan fingerprint density at radius 1 is 0.816 bits per heavy atom. The number of hydrogen-bond acceptors (Lipinski definition) is 3. The number of rotatable bonds is 10. The van der Waals surface area contributed by atoms with E-state index in [1.165, 1.54) is 17.0 Å². The zero-order valence-electron chi connectivity index (χ0n) is 20.3. The van der Waals surface area contributed by atoms with Crippen LogP contribution < -0.4 is 10.1 Å². The van der Waals surface area contributed by atoms with E-state index in [0.29, 0.717) is 26.9 Å². The highest BCUT2D eigenvalue weighted by Gasteiger charge is 2.32. The lowest BCUT2D eigenvalue weighted by Crippen LogP contribution is -2.45. The molecule has 0 heterocycles. The number of benzene rings is 4. The molecule has 0 aliphatic rings. The molecule has 194 valence electrons. The number of halogens is 3. The molecule has 0 aromatic heterocycles. The van der Waals surface area contributed by atoms with Crippen molar-refractivity contribution in [2.24, 2.45) is 0 Å². The number of carbonyl (C=O) groups is 2. The van der Waals surface area contributed by atoms with Crippen LogP contribution in [0.25, 0.3) is 0 Å². The van der Waals surface area contributed by atoms with E-state index in [1.807, 2.05) is 24.3 Å². The van der Waals surface area contributed by atoms with Crippen molar-refractivity contribution in [2.45, 2.75) is 19.1 Å². The standard InChI is InChI=1S/C30H25Cl2FN2O3/c31-25-11-5-4-10-23(25)18-34-30(37)29(22-8-2-1-3-9-22)35(19-21-14-16-24(33)17-15-21)28(36)20-38-27-13-7-6-12-26(27)32/h1-17,29H,18-20H2,(H,34,37). The van der Waals surface area contributed by atoms with Crippen LogP contribution in [0.2, 0.25) is 10.0 Å². The molecule has 38 heavy (non-hydrogen) atoms. The normalized spacial score (nSPS) is 11.4. The molecular weight excluding hydrogens is 526 g/mol. The summed E-state index contributed by atoms with van der Waals surface area (Å²) in [5.74, 6) is -0.894. The van der Waals surface area contributed by atoms with Crippen molar-refractivity contribution in [3.05, 3.63) is 136 Å². The van der Waals surface area contributed by atoms with Crippen LogP contribution >= 0.6 is 23.2 Å². The smallest absolute Gasteiger partial charge is 0.261 e. The molecule has 2 amide bonds. The number of hydrogen-bond donors (Lipinski definition) is 1. The average molecular weight is 551 g/mol. The van der Waals surface area contributed by atoms with Gasteiger partial charge in [0.2, 0.25) is 5.91 Å². The van der Waals surface area contributed by atoms with Crippen molar-refractivity contribution >= 4 is 35.0 Å². The summed E-state index contributed by atoms with van der Waals surface area (Å²) in [7, 11) is 0. The summed E-state index contributed by atoms with van der Waals surface area (Å²) in [6.07, 6.45) is 0. The minimum absolute atomic E-state index is 0.0457. The number of amides is 2. The van der Waals surface area contributed by atoms with Gasteiger partial charge in [0.15, 0.2) is 6.61 Å². The van der Waals surface area contributed by atoms with Crippen molar-refractivity contribution < 1.29 is 18.7 Å². The zero-order valence-corrected chi connectivity index (χ0v) is 21.8. The predicted octanol–water partition coefficient (Wildman–Crippen LogP) is 6.60. The van der Waals surface area contributed by atoms with Crippen molar-refractivity contribution in [2.75, 3.05) is 6.61 Å². The van der Waals surface area contributed by atoms with Crippen LogP contribution in [0, 0.1) is 5.82 Å². The highest BCUT2D eigenvalue weighted by molar-refractivity contribution is 6.32. The van der Waals surface area contributed by atoms with Gasteiger partial charge in [0.25, 0.3) is 5.91 Å². The first-order valence-electron chi connectivity index (χ1n) is 11.9. The van der Waals surface area contributed by atoms with Gasteiger partial charge in [-0.2, -0.15) is 0 Å². The number of ether oxygens (including phenoxy) is 1. The lowest BCUT2D eigenvalue weighted by atomic mass is 10.0. The highest BCUT2D eigenvalue weighted by atomic mass is 35.5. The van der Waals surface area contributed by atoms with Gasteiger partial charge in [-0.05, 0) is 47.0 Å². The van der Waals surface area contributed by atoms with Gasteiger partial charge in [-0.15, -0.1) is 0 Å². The van der Waals surface area contributed by atoms with E-state index in [-0.39, 0.29) is 19.7 Å². The molecule has 0 aliphatic heterocycles. The van der Waals surface area contributed by atoms with E-state index in [4.69, 9.17) is 27.9 Å². The third-order valence-electron chi connectivity index (χ3n) is 5.86. The SMILES string of the molecule is O=C(NCc1ccccc1Cl)C(c1ccccc1)N(Cc1ccc(F)cc1)C(=O)COc1ccccc1Cl. The number of para-hydroxylation sites is 1. The Balaban J connectivity index is 1.64. The molecule has 0 fully saturated rings. The summed E-state index contributed by atoms with van der Waals surface area (Å²) in [6.45, 7) is -0.132. The van der Waals surface area contributed by atoms with Gasteiger partial charge >= 0.3 is 0 Å². The molecule has 0 aliphatic carbocycles. The third kappa shape index (κ3) is 7.12. The molecule has 4 rings (SSSR count). The van der Waals surface area contributed by atoms with Gasteiger partial charge in [0, 0.05) is 18.1 Å². The third-order valence-corrected chi connectivity index (χ3v) is 6.54. The molecule has 4 aromatic carbocycles. The molecule has 1 unspecified atom stereocenters. The van der Waals surface area contributed by atoms with E-state index in [2.05, 4.69) is 5.32 Å². The predicted molar refractivity (Wildman–Crippen MR) is 146 cm³/mol. The minimum atomic E-state index is -0.994. The Morgan fingerprint density at radius 3 is 2.13 bits per heavy atom. The highest BCUT2D eigenvalue weighted by Crippen LogP contribution is 2.27. The van der Waals surface area contributed by atoms with E-state index in [9.17, 15) is 14.0 Å². The molecule has 0 bridgehead atoms. The maximum Gasteiger partial charge on any atom is 0.261 e. The van der Waals surface area contributed by atoms with Gasteiger partial charge in [-0.25, -0.2) is 4.39 Å². The van der Waals surface area contributed by atoms with Crippen molar-refractivity contribution in [3.63, 3.8) is 0 Å². The van der Waals surface area contributed by atoms with Crippen LogP contribution in [0.1, 0.15) is 22.7 Å². The van der Waals surface area contributed by atoms with E-state index in [1.54, 1.807) is 66.7 Å². The van der Waals surface area contributed by atoms with E-state index >= 15 is 0 Å². The minimum Gasteiger partial charge on any atom is -0.482 e. The zero-order chi connectivity index (χ0) is 26.9. The number of nitrogens with zero attached hydrogens (tertiary/aromatic N) is 1. The topological polar surface area (TPSA) is 58.6 Å². The molecule has 1 atom stereocenters. The lowest BCUT2D eigenvalue weighted by molar-refractivity contribution is -0.143. The summed E-state index contributed by atoms with van der Waals surface area (Å²) in [6, 6.07) is 27.8. The molecular formula is C30H25Cl2FN2O3. The summed E-state index contributed by atoms with van der Waals surface area (Å²) in [5, 5.41) is 3.80. The van der Waals surface area contributed by atoms with Gasteiger partial charge < -0.3 is 15.0 Å². The van der Waals surface area contributed by atoms with Gasteiger partial charge in [-0.1, -0.05) is 96.0 Å². The Hall–Kier alpha value is -3.87. The first kappa shape index (κ1) is 27.2. The second-order valence-electron chi connectivity index (χ2n) is 8.49. The number of carbonyl (C=O) groups excluding carboxylic acids is 2. The Labute approximate surface area is 230 Å². The number of nitrogens with one attached hydrogen (secondary N) is 1. The molecule has 0 spiro atoms. The van der Waals surface area contributed by atoms with Gasteiger partial charge in [-0.3, -0.25) is 9.59 Å². The fourth-order valence-corrected chi connectivity index (χ4v) is 4.32. The van der Waals surface area contributed by atoms with E-state index in [0.717, 1.165) is 5.56 Å². The monoisotopic (exact) mass is 550 g/mol. The summed E-state index contributed by atoms with van der Waals surface area (Å²) in [4.78, 5) is 28.7. The first-order valence-corrected chi connectivity index (χ1v) is 12.7. The summed E-state index contributed by atoms with van der Waals surface area (Å²) < 4.78 is 19.3. The maximum absolute atomic E-state index is 13.7. The average Bonchev–Trinajstić information content (AvgIpc) is 2.93. The fourth-order valence-electron chi connectivity index (χ4n) is 3.92. The molecule has 4 aromatic rings. The van der Waals surface area contributed by atoms with Crippen molar-refractivity contribution in [3.8, 4) is 5.75 Å². The second kappa shape index (κ2) is 13.1. The Bertz CT molecular complexity index is 1380. The molecule has 8 heteroatoms. The molecule has 1 N–H and O–H groups in total. The molecule has 0 saturated heterocycles. The van der Waals surface area contributed by atoms with Crippen LogP contribution in [0.15, 0.2) is 103 Å². The molecule has 0 saturated carbocycles. The largest absolute Gasteiger partial charge is 0.482 e. The van der Waals surface area contributed by atoms with Gasteiger partial charge in [0.1, 0.15) is 17.6 Å². The van der Waals surface area contributed by atoms with Crippen molar-refractivity contribution in [1.29, 1.82) is 0 Å². The van der Waals surface area contributed by atoms with Crippen LogP contribution in [0.4, 0.5) is 4.39 Å². The van der Waals surface area contributed by atoms with Crippen LogP contribution in [0.3, 0.4) is 0 Å².